The third-order valence-corrected chi connectivity index (χ3v) is 3.30. The molecule has 0 radical (unpaired) electrons. The second-order valence-corrected chi connectivity index (χ2v) is 5.28. The maximum Gasteiger partial charge on any atom is 0.408 e. The standard InChI is InChI=1S/C18H20N2O3/c1-20(2)17(21)16(15-11-7-4-8-12-15)19-18(22)23-13-14-9-5-3-6-10-14/h3-12,16H,13H2,1-2H3,(H,19,22)/t16-/m1/s1. The van der Waals surface area contributed by atoms with Crippen LogP contribution in [-0.4, -0.2) is 31.0 Å². The molecule has 1 atom stereocenters. The summed E-state index contributed by atoms with van der Waals surface area (Å²) in [7, 11) is 3.30. The first-order valence-electron chi connectivity index (χ1n) is 7.31. The second kappa shape index (κ2) is 7.98. The van der Waals surface area contributed by atoms with Crippen LogP contribution in [0, 0.1) is 0 Å². The highest BCUT2D eigenvalue weighted by Crippen LogP contribution is 2.15. The Hall–Kier alpha value is -2.82. The van der Waals surface area contributed by atoms with Crippen molar-refractivity contribution in [3.05, 3.63) is 71.8 Å². The zero-order valence-electron chi connectivity index (χ0n) is 13.2. The minimum Gasteiger partial charge on any atom is -0.445 e. The quantitative estimate of drug-likeness (QED) is 0.923. The fourth-order valence-electron chi connectivity index (χ4n) is 2.07. The van der Waals surface area contributed by atoms with Crippen LogP contribution in [-0.2, 0) is 16.1 Å². The molecule has 120 valence electrons. The van der Waals surface area contributed by atoms with Gasteiger partial charge in [0.2, 0.25) is 5.91 Å². The van der Waals surface area contributed by atoms with E-state index in [2.05, 4.69) is 5.32 Å². The molecule has 0 fully saturated rings. The van der Waals surface area contributed by atoms with E-state index in [1.54, 1.807) is 26.2 Å². The van der Waals surface area contributed by atoms with Gasteiger partial charge in [-0.2, -0.15) is 0 Å². The fraction of sp³-hybridized carbons (Fsp3) is 0.222. The van der Waals surface area contributed by atoms with Crippen molar-refractivity contribution in [1.82, 2.24) is 10.2 Å². The molecule has 1 N–H and O–H groups in total. The molecule has 5 nitrogen and oxygen atoms in total. The zero-order chi connectivity index (χ0) is 16.7. The summed E-state index contributed by atoms with van der Waals surface area (Å²) in [4.78, 5) is 25.8. The molecule has 2 aromatic carbocycles. The summed E-state index contributed by atoms with van der Waals surface area (Å²) in [6.45, 7) is 0.157. The lowest BCUT2D eigenvalue weighted by molar-refractivity contribution is -0.131. The third kappa shape index (κ3) is 4.85. The number of likely N-dealkylation sites (N-methyl/N-ethyl adjacent to an activating group) is 1. The van der Waals surface area contributed by atoms with Crippen LogP contribution >= 0.6 is 0 Å². The Kier molecular flexibility index (Phi) is 5.74. The molecule has 0 spiro atoms. The Morgan fingerprint density at radius 1 is 1.00 bits per heavy atom. The van der Waals surface area contributed by atoms with Gasteiger partial charge >= 0.3 is 6.09 Å². The van der Waals surface area contributed by atoms with Crippen molar-refractivity contribution in [1.29, 1.82) is 0 Å². The van der Waals surface area contributed by atoms with E-state index in [0.29, 0.717) is 5.56 Å². The highest BCUT2D eigenvalue weighted by Gasteiger charge is 2.24. The molecule has 0 aliphatic carbocycles. The minimum atomic E-state index is -0.769. The van der Waals surface area contributed by atoms with Crippen molar-refractivity contribution >= 4 is 12.0 Å². The molecule has 0 aliphatic heterocycles. The van der Waals surface area contributed by atoms with Crippen LogP contribution < -0.4 is 5.32 Å². The summed E-state index contributed by atoms with van der Waals surface area (Å²) >= 11 is 0. The van der Waals surface area contributed by atoms with Gasteiger partial charge in [-0.3, -0.25) is 4.79 Å². The van der Waals surface area contributed by atoms with Gasteiger partial charge in [0.15, 0.2) is 0 Å². The Labute approximate surface area is 135 Å². The number of alkyl carbamates (subject to hydrolysis) is 1. The number of amides is 2. The van der Waals surface area contributed by atoms with Gasteiger partial charge in [0.05, 0.1) is 0 Å². The number of nitrogens with one attached hydrogen (secondary N) is 1. The van der Waals surface area contributed by atoms with Gasteiger partial charge in [-0.15, -0.1) is 0 Å². The number of carbonyl (C=O) groups excluding carboxylic acids is 2. The van der Waals surface area contributed by atoms with E-state index in [1.807, 2.05) is 48.5 Å². The van der Waals surface area contributed by atoms with Crippen molar-refractivity contribution < 1.29 is 14.3 Å². The van der Waals surface area contributed by atoms with Crippen LogP contribution in [0.1, 0.15) is 17.2 Å². The molecule has 0 heterocycles. The number of hydrogen-bond acceptors (Lipinski definition) is 3. The molecule has 2 rings (SSSR count). The number of ether oxygens (including phenoxy) is 1. The van der Waals surface area contributed by atoms with Gasteiger partial charge < -0.3 is 15.0 Å². The zero-order valence-corrected chi connectivity index (χ0v) is 13.2. The van der Waals surface area contributed by atoms with Gasteiger partial charge in [0.1, 0.15) is 12.6 Å². The molecule has 2 aromatic rings. The highest BCUT2D eigenvalue weighted by molar-refractivity contribution is 5.86. The Bertz CT molecular complexity index is 642. The lowest BCUT2D eigenvalue weighted by Crippen LogP contribution is -2.40. The normalized spacial score (nSPS) is 11.4. The summed E-state index contributed by atoms with van der Waals surface area (Å²) in [5.41, 5.74) is 1.60. The van der Waals surface area contributed by atoms with Crippen LogP contribution in [0.3, 0.4) is 0 Å². The van der Waals surface area contributed by atoms with Crippen LogP contribution in [0.4, 0.5) is 4.79 Å². The molecule has 0 aliphatic rings. The van der Waals surface area contributed by atoms with Gasteiger partial charge in [-0.25, -0.2) is 4.79 Å². The third-order valence-electron chi connectivity index (χ3n) is 3.30. The first kappa shape index (κ1) is 16.5. The molecule has 0 bridgehead atoms. The molecule has 0 saturated carbocycles. The monoisotopic (exact) mass is 312 g/mol. The summed E-state index contributed by atoms with van der Waals surface area (Å²) in [6, 6.07) is 17.7. The largest absolute Gasteiger partial charge is 0.445 e. The van der Waals surface area contributed by atoms with E-state index in [-0.39, 0.29) is 12.5 Å². The van der Waals surface area contributed by atoms with E-state index in [1.165, 1.54) is 4.90 Å². The lowest BCUT2D eigenvalue weighted by Gasteiger charge is -2.21. The van der Waals surface area contributed by atoms with E-state index in [4.69, 9.17) is 4.74 Å². The predicted octanol–water partition coefficient (Wildman–Crippen LogP) is 2.74. The maximum absolute atomic E-state index is 12.3. The van der Waals surface area contributed by atoms with Crippen molar-refractivity contribution in [3.8, 4) is 0 Å². The number of hydrogen-bond donors (Lipinski definition) is 1. The average Bonchev–Trinajstić information content (AvgIpc) is 2.59. The number of nitrogens with zero attached hydrogens (tertiary/aromatic N) is 1. The van der Waals surface area contributed by atoms with Crippen molar-refractivity contribution in [2.45, 2.75) is 12.6 Å². The fourth-order valence-corrected chi connectivity index (χ4v) is 2.07. The summed E-state index contributed by atoms with van der Waals surface area (Å²) < 4.78 is 5.19. The first-order chi connectivity index (χ1) is 11.1. The van der Waals surface area contributed by atoms with Gasteiger partial charge in [-0.05, 0) is 11.1 Å². The molecule has 0 unspecified atom stereocenters. The Morgan fingerprint density at radius 3 is 2.13 bits per heavy atom. The van der Waals surface area contributed by atoms with E-state index in [9.17, 15) is 9.59 Å². The Balaban J connectivity index is 2.02. The molecule has 23 heavy (non-hydrogen) atoms. The van der Waals surface area contributed by atoms with E-state index in [0.717, 1.165) is 5.56 Å². The highest BCUT2D eigenvalue weighted by atomic mass is 16.5. The molecule has 5 heteroatoms. The average molecular weight is 312 g/mol. The predicted molar refractivity (Wildman–Crippen MR) is 87.6 cm³/mol. The molecule has 0 aromatic heterocycles. The first-order valence-corrected chi connectivity index (χ1v) is 7.31. The second-order valence-electron chi connectivity index (χ2n) is 5.28. The van der Waals surface area contributed by atoms with Gasteiger partial charge in [-0.1, -0.05) is 60.7 Å². The van der Waals surface area contributed by atoms with Crippen molar-refractivity contribution in [3.63, 3.8) is 0 Å². The van der Waals surface area contributed by atoms with Crippen LogP contribution in [0.2, 0.25) is 0 Å². The van der Waals surface area contributed by atoms with Crippen molar-refractivity contribution in [2.24, 2.45) is 0 Å². The van der Waals surface area contributed by atoms with Crippen molar-refractivity contribution in [2.75, 3.05) is 14.1 Å². The summed E-state index contributed by atoms with van der Waals surface area (Å²) in [6.07, 6.45) is -0.627. The topological polar surface area (TPSA) is 58.6 Å². The van der Waals surface area contributed by atoms with E-state index >= 15 is 0 Å². The van der Waals surface area contributed by atoms with Gasteiger partial charge in [0, 0.05) is 14.1 Å². The van der Waals surface area contributed by atoms with Crippen LogP contribution in [0.25, 0.3) is 0 Å². The number of carbonyl (C=O) groups is 2. The minimum absolute atomic E-state index is 0.157. The van der Waals surface area contributed by atoms with Crippen LogP contribution in [0.15, 0.2) is 60.7 Å². The molecular weight excluding hydrogens is 292 g/mol. The van der Waals surface area contributed by atoms with E-state index < -0.39 is 12.1 Å². The summed E-state index contributed by atoms with van der Waals surface area (Å²) in [5.74, 6) is -0.215. The van der Waals surface area contributed by atoms with Gasteiger partial charge in [0.25, 0.3) is 0 Å². The summed E-state index contributed by atoms with van der Waals surface area (Å²) in [5, 5.41) is 2.63. The number of rotatable bonds is 5. The SMILES string of the molecule is CN(C)C(=O)[C@H](NC(=O)OCc1ccccc1)c1ccccc1. The molecule has 2 amide bonds. The lowest BCUT2D eigenvalue weighted by atomic mass is 10.1. The molecular formula is C18H20N2O3. The maximum atomic E-state index is 12.3. The van der Waals surface area contributed by atoms with Crippen LogP contribution in [0.5, 0.6) is 0 Å². The smallest absolute Gasteiger partial charge is 0.408 e. The molecule has 0 saturated heterocycles. The Morgan fingerprint density at radius 2 is 1.57 bits per heavy atom. The number of benzene rings is 2.